The average molecular weight is 471 g/mol. The first-order chi connectivity index (χ1) is 15.9. The molecule has 1 aliphatic rings. The number of fused-ring (bicyclic) bond motifs is 1. The number of ether oxygens (including phenoxy) is 1. The number of hydrogen-bond donors (Lipinski definition) is 1. The summed E-state index contributed by atoms with van der Waals surface area (Å²) in [5.41, 5.74) is 1.35. The molecule has 0 bridgehead atoms. The number of piperazine rings is 1. The monoisotopic (exact) mass is 470 g/mol. The molecule has 4 rings (SSSR count). The molecule has 0 saturated carbocycles. The fourth-order valence-electron chi connectivity index (χ4n) is 3.93. The van der Waals surface area contributed by atoms with Gasteiger partial charge in [-0.25, -0.2) is 9.18 Å². The third-order valence-corrected chi connectivity index (χ3v) is 6.10. The van der Waals surface area contributed by atoms with Gasteiger partial charge in [-0.15, -0.1) is 0 Å². The molecule has 1 aliphatic heterocycles. The van der Waals surface area contributed by atoms with Crippen LogP contribution in [0, 0.1) is 10.6 Å². The number of aromatic nitrogens is 2. The van der Waals surface area contributed by atoms with E-state index in [1.165, 1.54) is 35.9 Å². The summed E-state index contributed by atoms with van der Waals surface area (Å²) in [4.78, 5) is 44.2. The lowest BCUT2D eigenvalue weighted by Gasteiger charge is -2.36. The molecule has 1 saturated heterocycles. The van der Waals surface area contributed by atoms with E-state index in [9.17, 15) is 18.8 Å². The van der Waals surface area contributed by atoms with Crippen molar-refractivity contribution in [3.05, 3.63) is 69.0 Å². The van der Waals surface area contributed by atoms with Crippen molar-refractivity contribution in [2.75, 3.05) is 38.2 Å². The van der Waals surface area contributed by atoms with E-state index >= 15 is 0 Å². The molecule has 2 aromatic carbocycles. The van der Waals surface area contributed by atoms with Gasteiger partial charge in [0.05, 0.1) is 23.6 Å². The minimum absolute atomic E-state index is 0.0591. The van der Waals surface area contributed by atoms with Gasteiger partial charge in [0, 0.05) is 44.8 Å². The average Bonchev–Trinajstić information content (AvgIpc) is 2.83. The van der Waals surface area contributed by atoms with Gasteiger partial charge in [0.15, 0.2) is 4.77 Å². The van der Waals surface area contributed by atoms with Crippen LogP contribution < -0.4 is 10.5 Å². The maximum absolute atomic E-state index is 13.1. The van der Waals surface area contributed by atoms with Crippen molar-refractivity contribution in [3.63, 3.8) is 0 Å². The lowest BCUT2D eigenvalue weighted by molar-refractivity contribution is -0.131. The Balaban J connectivity index is 1.41. The van der Waals surface area contributed by atoms with Gasteiger partial charge in [-0.1, -0.05) is 0 Å². The Labute approximate surface area is 194 Å². The quantitative estimate of drug-likeness (QED) is 0.456. The van der Waals surface area contributed by atoms with Crippen molar-refractivity contribution in [3.8, 4) is 0 Å². The Morgan fingerprint density at radius 1 is 1.09 bits per heavy atom. The maximum Gasteiger partial charge on any atom is 0.337 e. The number of halogens is 1. The molecule has 0 aliphatic carbocycles. The molecular formula is C23H23FN4O4S. The number of carbonyl (C=O) groups excluding carboxylic acids is 2. The summed E-state index contributed by atoms with van der Waals surface area (Å²) in [6.07, 6.45) is 0.139. The molecule has 1 aromatic heterocycles. The van der Waals surface area contributed by atoms with Crippen molar-refractivity contribution in [2.24, 2.45) is 0 Å². The summed E-state index contributed by atoms with van der Waals surface area (Å²) in [5.74, 6) is -0.847. The summed E-state index contributed by atoms with van der Waals surface area (Å²) < 4.78 is 19.4. The van der Waals surface area contributed by atoms with Crippen LogP contribution in [0.3, 0.4) is 0 Å². The number of benzene rings is 2. The van der Waals surface area contributed by atoms with E-state index in [1.54, 1.807) is 23.1 Å². The number of nitrogens with one attached hydrogen (secondary N) is 1. The van der Waals surface area contributed by atoms with Crippen LogP contribution in [0.5, 0.6) is 0 Å². The standard InChI is InChI=1S/C23H23FN4O4S/c1-32-22(31)15-2-7-18-19(14-15)25-23(33)28(21(18)30)9-8-20(29)27-12-10-26(11-13-27)17-5-3-16(24)4-6-17/h2-7,14H,8-13H2,1H3,(H,25,33). The zero-order valence-corrected chi connectivity index (χ0v) is 18.9. The van der Waals surface area contributed by atoms with Gasteiger partial charge in [-0.2, -0.15) is 0 Å². The lowest BCUT2D eigenvalue weighted by Crippen LogP contribution is -2.49. The van der Waals surface area contributed by atoms with Crippen molar-refractivity contribution in [1.29, 1.82) is 0 Å². The van der Waals surface area contributed by atoms with Gasteiger partial charge >= 0.3 is 5.97 Å². The van der Waals surface area contributed by atoms with Gasteiger partial charge in [0.2, 0.25) is 5.91 Å². The predicted molar refractivity (Wildman–Crippen MR) is 125 cm³/mol. The Bertz CT molecular complexity index is 1310. The molecule has 2 heterocycles. The van der Waals surface area contributed by atoms with E-state index in [-0.39, 0.29) is 35.0 Å². The first-order valence-corrected chi connectivity index (χ1v) is 10.9. The van der Waals surface area contributed by atoms with E-state index in [0.29, 0.717) is 42.6 Å². The van der Waals surface area contributed by atoms with E-state index in [1.807, 2.05) is 0 Å². The van der Waals surface area contributed by atoms with Crippen molar-refractivity contribution in [1.82, 2.24) is 14.5 Å². The minimum atomic E-state index is -0.509. The summed E-state index contributed by atoms with van der Waals surface area (Å²) >= 11 is 5.32. The molecule has 0 unspecified atom stereocenters. The summed E-state index contributed by atoms with van der Waals surface area (Å²) in [6.45, 7) is 2.55. The van der Waals surface area contributed by atoms with Gasteiger partial charge in [0.1, 0.15) is 5.82 Å². The third-order valence-electron chi connectivity index (χ3n) is 5.78. The maximum atomic E-state index is 13.1. The molecule has 0 atom stereocenters. The molecule has 0 spiro atoms. The Morgan fingerprint density at radius 2 is 1.79 bits per heavy atom. The first-order valence-electron chi connectivity index (χ1n) is 10.5. The number of nitrogens with zero attached hydrogens (tertiary/aromatic N) is 3. The number of anilines is 1. The van der Waals surface area contributed by atoms with Crippen LogP contribution in [-0.4, -0.2) is 59.6 Å². The van der Waals surface area contributed by atoms with Gasteiger partial charge in [-0.05, 0) is 54.7 Å². The van der Waals surface area contributed by atoms with Gasteiger partial charge < -0.3 is 19.5 Å². The van der Waals surface area contributed by atoms with Crippen LogP contribution in [0.1, 0.15) is 16.8 Å². The highest BCUT2D eigenvalue weighted by Crippen LogP contribution is 2.17. The molecule has 33 heavy (non-hydrogen) atoms. The summed E-state index contributed by atoms with van der Waals surface area (Å²) in [7, 11) is 1.28. The number of methoxy groups -OCH3 is 1. The number of rotatable bonds is 5. The predicted octanol–water partition coefficient (Wildman–Crippen LogP) is 2.72. The first kappa shape index (κ1) is 22.7. The van der Waals surface area contributed by atoms with Crippen molar-refractivity contribution >= 4 is 40.7 Å². The smallest absolute Gasteiger partial charge is 0.337 e. The molecule has 1 N–H and O–H groups in total. The van der Waals surface area contributed by atoms with Crippen LogP contribution in [0.15, 0.2) is 47.3 Å². The third kappa shape index (κ3) is 4.80. The molecule has 3 aromatic rings. The van der Waals surface area contributed by atoms with Crippen LogP contribution >= 0.6 is 12.2 Å². The SMILES string of the molecule is COC(=O)c1ccc2c(=O)n(CCC(=O)N3CCN(c4ccc(F)cc4)CC3)c(=S)[nH]c2c1. The number of H-pyrrole nitrogens is 1. The zero-order chi connectivity index (χ0) is 23.5. The van der Waals surface area contributed by atoms with Gasteiger partial charge in [0.25, 0.3) is 5.56 Å². The minimum Gasteiger partial charge on any atom is -0.465 e. The molecule has 0 radical (unpaired) electrons. The van der Waals surface area contributed by atoms with Crippen LogP contribution in [0.2, 0.25) is 0 Å². The summed E-state index contributed by atoms with van der Waals surface area (Å²) in [5, 5.41) is 0.372. The number of esters is 1. The lowest BCUT2D eigenvalue weighted by atomic mass is 10.1. The van der Waals surface area contributed by atoms with Crippen LogP contribution in [0.4, 0.5) is 10.1 Å². The van der Waals surface area contributed by atoms with Crippen LogP contribution in [-0.2, 0) is 16.1 Å². The Morgan fingerprint density at radius 3 is 2.45 bits per heavy atom. The Kier molecular flexibility index (Phi) is 6.55. The highest BCUT2D eigenvalue weighted by Gasteiger charge is 2.21. The van der Waals surface area contributed by atoms with Gasteiger partial charge in [-0.3, -0.25) is 14.2 Å². The second-order valence-corrected chi connectivity index (χ2v) is 8.12. The normalized spacial score (nSPS) is 13.9. The Hall–Kier alpha value is -3.53. The molecule has 1 fully saturated rings. The molecule has 8 nitrogen and oxygen atoms in total. The molecular weight excluding hydrogens is 447 g/mol. The number of amides is 1. The fraction of sp³-hybridized carbons (Fsp3) is 0.304. The largest absolute Gasteiger partial charge is 0.465 e. The van der Waals surface area contributed by atoms with E-state index in [4.69, 9.17) is 17.0 Å². The second-order valence-electron chi connectivity index (χ2n) is 7.73. The molecule has 1 amide bonds. The van der Waals surface area contributed by atoms with Crippen LogP contribution in [0.25, 0.3) is 10.9 Å². The second kappa shape index (κ2) is 9.53. The topological polar surface area (TPSA) is 87.6 Å². The fourth-order valence-corrected chi connectivity index (χ4v) is 4.22. The highest BCUT2D eigenvalue weighted by atomic mass is 32.1. The number of aromatic amines is 1. The van der Waals surface area contributed by atoms with E-state index in [0.717, 1.165) is 5.69 Å². The van der Waals surface area contributed by atoms with E-state index < -0.39 is 5.97 Å². The zero-order valence-electron chi connectivity index (χ0n) is 18.0. The highest BCUT2D eigenvalue weighted by molar-refractivity contribution is 7.71. The molecule has 10 heteroatoms. The number of carbonyl (C=O) groups is 2. The van der Waals surface area contributed by atoms with Crippen molar-refractivity contribution in [2.45, 2.75) is 13.0 Å². The number of hydrogen-bond acceptors (Lipinski definition) is 6. The summed E-state index contributed by atoms with van der Waals surface area (Å²) in [6, 6.07) is 10.9. The molecule has 172 valence electrons. The van der Waals surface area contributed by atoms with E-state index in [2.05, 4.69) is 9.88 Å². The van der Waals surface area contributed by atoms with Crippen molar-refractivity contribution < 1.29 is 18.7 Å².